The lowest BCUT2D eigenvalue weighted by molar-refractivity contribution is -0.144. The van der Waals surface area contributed by atoms with Gasteiger partial charge in [0.15, 0.2) is 9.84 Å². The van der Waals surface area contributed by atoms with Crippen molar-refractivity contribution in [3.8, 4) is 0 Å². The molecule has 1 aliphatic heterocycles. The van der Waals surface area contributed by atoms with Crippen LogP contribution < -0.4 is 0 Å². The van der Waals surface area contributed by atoms with Gasteiger partial charge in [-0.25, -0.2) is 8.42 Å². The number of aliphatic carboxylic acids is 1. The first-order chi connectivity index (χ1) is 9.50. The highest BCUT2D eigenvalue weighted by Crippen LogP contribution is 2.18. The minimum absolute atomic E-state index is 0. The molecule has 1 aromatic carbocycles. The van der Waals surface area contributed by atoms with Gasteiger partial charge in [-0.3, -0.25) is 9.69 Å². The second kappa shape index (κ2) is 7.77. The first-order valence-electron chi connectivity index (χ1n) is 6.75. The highest BCUT2D eigenvalue weighted by molar-refractivity contribution is 7.91. The molecule has 0 saturated carbocycles. The smallest absolute Gasteiger partial charge is 0.320 e. The third kappa shape index (κ3) is 4.69. The lowest BCUT2D eigenvalue weighted by Crippen LogP contribution is -2.46. The zero-order valence-corrected chi connectivity index (χ0v) is 13.3. The summed E-state index contributed by atoms with van der Waals surface area (Å²) in [4.78, 5) is 13.2. The van der Waals surface area contributed by atoms with Crippen molar-refractivity contribution in [2.45, 2.75) is 30.2 Å². The van der Waals surface area contributed by atoms with Crippen LogP contribution in [-0.4, -0.2) is 49.3 Å². The van der Waals surface area contributed by atoms with Crippen LogP contribution in [0.5, 0.6) is 0 Å². The molecule has 1 fully saturated rings. The van der Waals surface area contributed by atoms with Gasteiger partial charge in [0, 0.05) is 6.54 Å². The van der Waals surface area contributed by atoms with Crippen molar-refractivity contribution < 1.29 is 18.3 Å². The fraction of sp³-hybridized carbons (Fsp3) is 0.500. The van der Waals surface area contributed by atoms with Crippen molar-refractivity contribution in [3.05, 3.63) is 30.3 Å². The fourth-order valence-corrected chi connectivity index (χ4v) is 3.80. The lowest BCUT2D eigenvalue weighted by atomic mass is 10.0. The van der Waals surface area contributed by atoms with Crippen LogP contribution in [0.2, 0.25) is 0 Å². The number of sulfone groups is 1. The molecule has 2 rings (SSSR count). The molecule has 0 amide bonds. The summed E-state index contributed by atoms with van der Waals surface area (Å²) in [5, 5.41) is 9.16. The van der Waals surface area contributed by atoms with Gasteiger partial charge in [0.25, 0.3) is 0 Å². The molecular weight excluding hydrogens is 314 g/mol. The Labute approximate surface area is 131 Å². The van der Waals surface area contributed by atoms with Gasteiger partial charge in [0.05, 0.1) is 10.6 Å². The number of likely N-dealkylation sites (tertiary alicyclic amines) is 1. The summed E-state index contributed by atoms with van der Waals surface area (Å²) in [7, 11) is -3.34. The number of piperidine rings is 1. The molecular formula is C14H20ClNO4S. The van der Waals surface area contributed by atoms with Crippen LogP contribution in [0.4, 0.5) is 0 Å². The number of carboxylic acids is 1. The van der Waals surface area contributed by atoms with Crippen LogP contribution in [-0.2, 0) is 14.6 Å². The highest BCUT2D eigenvalue weighted by atomic mass is 35.5. The minimum Gasteiger partial charge on any atom is -0.480 e. The van der Waals surface area contributed by atoms with Crippen LogP contribution >= 0.6 is 12.4 Å². The molecule has 5 nitrogen and oxygen atoms in total. The van der Waals surface area contributed by atoms with Crippen molar-refractivity contribution in [3.63, 3.8) is 0 Å². The van der Waals surface area contributed by atoms with Crippen LogP contribution in [0.25, 0.3) is 0 Å². The number of hydrogen-bond acceptors (Lipinski definition) is 4. The van der Waals surface area contributed by atoms with Gasteiger partial charge in [0.2, 0.25) is 0 Å². The Morgan fingerprint density at radius 3 is 2.52 bits per heavy atom. The fourth-order valence-electron chi connectivity index (χ4n) is 2.52. The molecule has 1 N–H and O–H groups in total. The molecule has 0 radical (unpaired) electrons. The summed E-state index contributed by atoms with van der Waals surface area (Å²) in [6.45, 7) is 0.926. The maximum absolute atomic E-state index is 12.2. The second-order valence-electron chi connectivity index (χ2n) is 5.02. The predicted molar refractivity (Wildman–Crippen MR) is 82.6 cm³/mol. The summed E-state index contributed by atoms with van der Waals surface area (Å²) in [5.41, 5.74) is 0. The average molecular weight is 334 g/mol. The molecule has 1 aromatic rings. The maximum Gasteiger partial charge on any atom is 0.320 e. The van der Waals surface area contributed by atoms with E-state index in [1.807, 2.05) is 0 Å². The van der Waals surface area contributed by atoms with Crippen molar-refractivity contribution in [2.24, 2.45) is 0 Å². The predicted octanol–water partition coefficient (Wildman–Crippen LogP) is 1.82. The van der Waals surface area contributed by atoms with E-state index in [2.05, 4.69) is 0 Å². The van der Waals surface area contributed by atoms with Crippen LogP contribution in [0.1, 0.15) is 19.3 Å². The van der Waals surface area contributed by atoms with Gasteiger partial charge in [0.1, 0.15) is 6.04 Å². The third-order valence-corrected chi connectivity index (χ3v) is 5.36. The molecule has 1 unspecified atom stereocenters. The van der Waals surface area contributed by atoms with E-state index >= 15 is 0 Å². The number of halogens is 1. The van der Waals surface area contributed by atoms with Crippen LogP contribution in [0, 0.1) is 0 Å². The van der Waals surface area contributed by atoms with E-state index in [0.29, 0.717) is 17.9 Å². The first kappa shape index (κ1) is 17.9. The Morgan fingerprint density at radius 1 is 1.24 bits per heavy atom. The molecule has 0 aliphatic carbocycles. The zero-order valence-electron chi connectivity index (χ0n) is 11.6. The monoisotopic (exact) mass is 333 g/mol. The van der Waals surface area contributed by atoms with Crippen molar-refractivity contribution in [1.29, 1.82) is 0 Å². The maximum atomic E-state index is 12.2. The van der Waals surface area contributed by atoms with E-state index < -0.39 is 21.8 Å². The quantitative estimate of drug-likeness (QED) is 0.889. The molecule has 1 aliphatic rings. The van der Waals surface area contributed by atoms with Crippen LogP contribution in [0.15, 0.2) is 35.2 Å². The number of nitrogens with zero attached hydrogens (tertiary/aromatic N) is 1. The van der Waals surface area contributed by atoms with Gasteiger partial charge >= 0.3 is 5.97 Å². The Bertz CT molecular complexity index is 562. The summed E-state index contributed by atoms with van der Waals surface area (Å²) in [6.07, 6.45) is 2.41. The largest absolute Gasteiger partial charge is 0.480 e. The second-order valence-corrected chi connectivity index (χ2v) is 7.13. The molecule has 0 aromatic heterocycles. The van der Waals surface area contributed by atoms with Gasteiger partial charge < -0.3 is 5.11 Å². The highest BCUT2D eigenvalue weighted by Gasteiger charge is 2.29. The number of carbonyl (C=O) groups is 1. The molecule has 1 heterocycles. The van der Waals surface area contributed by atoms with E-state index in [4.69, 9.17) is 5.11 Å². The van der Waals surface area contributed by atoms with Gasteiger partial charge in [-0.15, -0.1) is 12.4 Å². The molecule has 7 heteroatoms. The third-order valence-electron chi connectivity index (χ3n) is 3.65. The lowest BCUT2D eigenvalue weighted by Gasteiger charge is -2.32. The molecule has 21 heavy (non-hydrogen) atoms. The summed E-state index contributed by atoms with van der Waals surface area (Å²) in [6, 6.07) is 7.74. The summed E-state index contributed by atoms with van der Waals surface area (Å²) >= 11 is 0. The molecule has 118 valence electrons. The molecule has 0 bridgehead atoms. The first-order valence-corrected chi connectivity index (χ1v) is 8.40. The Hall–Kier alpha value is -1.11. The van der Waals surface area contributed by atoms with Crippen molar-refractivity contribution in [2.75, 3.05) is 18.8 Å². The minimum atomic E-state index is -3.34. The van der Waals surface area contributed by atoms with E-state index in [-0.39, 0.29) is 24.7 Å². The Morgan fingerprint density at radius 2 is 1.90 bits per heavy atom. The Kier molecular flexibility index (Phi) is 6.64. The number of benzene rings is 1. The number of carboxylic acid groups (broad SMARTS) is 1. The summed E-state index contributed by atoms with van der Waals surface area (Å²) < 4.78 is 24.4. The molecule has 0 spiro atoms. The number of hydrogen-bond donors (Lipinski definition) is 1. The van der Waals surface area contributed by atoms with E-state index in [1.165, 1.54) is 0 Å². The van der Waals surface area contributed by atoms with E-state index in [9.17, 15) is 13.2 Å². The molecule has 1 atom stereocenters. The van der Waals surface area contributed by atoms with E-state index in [0.717, 1.165) is 12.8 Å². The standard InChI is InChI=1S/C14H19NO4S.ClH/c16-14(17)13-8-4-5-9-15(13)10-11-20(18,19)12-6-2-1-3-7-12;/h1-3,6-7,13H,4-5,8-11H2,(H,16,17);1H. The molecule has 1 saturated heterocycles. The zero-order chi connectivity index (χ0) is 14.6. The van der Waals surface area contributed by atoms with Crippen LogP contribution in [0.3, 0.4) is 0 Å². The van der Waals surface area contributed by atoms with Gasteiger partial charge in [-0.2, -0.15) is 0 Å². The van der Waals surface area contributed by atoms with Crippen molar-refractivity contribution >= 4 is 28.2 Å². The van der Waals surface area contributed by atoms with Gasteiger partial charge in [-0.05, 0) is 31.5 Å². The number of rotatable bonds is 5. The van der Waals surface area contributed by atoms with Gasteiger partial charge in [-0.1, -0.05) is 24.6 Å². The SMILES string of the molecule is Cl.O=C(O)C1CCCCN1CCS(=O)(=O)c1ccccc1. The van der Waals surface area contributed by atoms with E-state index in [1.54, 1.807) is 35.2 Å². The average Bonchev–Trinajstić information content (AvgIpc) is 2.46. The topological polar surface area (TPSA) is 74.7 Å². The Balaban J connectivity index is 0.00000220. The summed E-state index contributed by atoms with van der Waals surface area (Å²) in [5.74, 6) is -0.900. The normalized spacial score (nSPS) is 19.7. The van der Waals surface area contributed by atoms with Crippen molar-refractivity contribution in [1.82, 2.24) is 4.90 Å².